The molecule has 5 heteroatoms. The van der Waals surface area contributed by atoms with E-state index in [9.17, 15) is 0 Å². The molecule has 0 saturated heterocycles. The van der Waals surface area contributed by atoms with Crippen LogP contribution in [-0.2, 0) is 0 Å². The van der Waals surface area contributed by atoms with Crippen molar-refractivity contribution in [3.05, 3.63) is 41.0 Å². The molecule has 0 bridgehead atoms. The maximum absolute atomic E-state index is 8.75. The molecular weight excluding hydrogens is 244 g/mol. The van der Waals surface area contributed by atoms with Gasteiger partial charge in [0.05, 0.1) is 0 Å². The molecular formula is C9H5BrN4. The lowest BCUT2D eigenvalue weighted by Crippen LogP contribution is -1.98. The van der Waals surface area contributed by atoms with Crippen LogP contribution in [0.2, 0.25) is 0 Å². The van der Waals surface area contributed by atoms with Crippen molar-refractivity contribution in [2.24, 2.45) is 0 Å². The molecule has 0 radical (unpaired) electrons. The van der Waals surface area contributed by atoms with Crippen molar-refractivity contribution in [3.63, 3.8) is 0 Å². The highest BCUT2D eigenvalue weighted by atomic mass is 79.9. The summed E-state index contributed by atoms with van der Waals surface area (Å²) in [5.41, 5.74) is 0. The van der Waals surface area contributed by atoms with Gasteiger partial charge in [0.2, 0.25) is 5.82 Å². The van der Waals surface area contributed by atoms with E-state index in [2.05, 4.69) is 25.9 Å². The number of imidazole rings is 1. The molecule has 0 unspecified atom stereocenters. The average Bonchev–Trinajstić information content (AvgIpc) is 2.67. The minimum Gasteiger partial charge on any atom is -0.275 e. The van der Waals surface area contributed by atoms with E-state index >= 15 is 0 Å². The number of rotatable bonds is 1. The van der Waals surface area contributed by atoms with Crippen LogP contribution in [0, 0.1) is 11.3 Å². The minimum absolute atomic E-state index is 0.333. The first-order valence-corrected chi connectivity index (χ1v) is 4.66. The Morgan fingerprint density at radius 2 is 2.21 bits per heavy atom. The first-order valence-electron chi connectivity index (χ1n) is 3.86. The third-order valence-electron chi connectivity index (χ3n) is 1.70. The average molecular weight is 249 g/mol. The predicted octanol–water partition coefficient (Wildman–Crippen LogP) is 1.90. The second kappa shape index (κ2) is 3.60. The molecule has 2 rings (SSSR count). The molecule has 0 aromatic carbocycles. The van der Waals surface area contributed by atoms with E-state index in [-0.39, 0.29) is 0 Å². The van der Waals surface area contributed by atoms with Gasteiger partial charge in [0.15, 0.2) is 0 Å². The molecule has 2 aromatic heterocycles. The number of pyridine rings is 1. The molecule has 68 valence electrons. The molecule has 0 atom stereocenters. The summed E-state index contributed by atoms with van der Waals surface area (Å²) in [5, 5.41) is 8.75. The van der Waals surface area contributed by atoms with E-state index in [1.165, 1.54) is 0 Å². The summed E-state index contributed by atoms with van der Waals surface area (Å²) in [5.74, 6) is 1.02. The van der Waals surface area contributed by atoms with Gasteiger partial charge in [-0.3, -0.25) is 4.57 Å². The number of hydrogen-bond donors (Lipinski definition) is 0. The maximum Gasteiger partial charge on any atom is 0.218 e. The predicted molar refractivity (Wildman–Crippen MR) is 53.8 cm³/mol. The fourth-order valence-corrected chi connectivity index (χ4v) is 1.32. The normalized spacial score (nSPS) is 9.71. The molecule has 4 nitrogen and oxygen atoms in total. The van der Waals surface area contributed by atoms with E-state index in [1.807, 2.05) is 18.2 Å². The van der Waals surface area contributed by atoms with Crippen molar-refractivity contribution >= 4 is 15.9 Å². The van der Waals surface area contributed by atoms with Crippen molar-refractivity contribution < 1.29 is 0 Å². The first kappa shape index (κ1) is 8.91. The Bertz CT molecular complexity index is 480. The lowest BCUT2D eigenvalue weighted by molar-refractivity contribution is 0.965. The molecule has 2 heterocycles. The number of nitrogens with zero attached hydrogens (tertiary/aromatic N) is 4. The summed E-state index contributed by atoms with van der Waals surface area (Å²) in [6.07, 6.45) is 4.95. The Kier molecular flexibility index (Phi) is 2.29. The maximum atomic E-state index is 8.75. The van der Waals surface area contributed by atoms with Crippen LogP contribution in [0.1, 0.15) is 5.82 Å². The fourth-order valence-electron chi connectivity index (χ4n) is 1.08. The van der Waals surface area contributed by atoms with Crippen LogP contribution in [0.15, 0.2) is 35.2 Å². The van der Waals surface area contributed by atoms with E-state index in [0.717, 1.165) is 4.47 Å². The molecule has 0 amide bonds. The lowest BCUT2D eigenvalue weighted by atomic mass is 10.4. The van der Waals surface area contributed by atoms with Crippen LogP contribution < -0.4 is 0 Å². The highest BCUT2D eigenvalue weighted by molar-refractivity contribution is 9.10. The first-order chi connectivity index (χ1) is 6.81. The van der Waals surface area contributed by atoms with Crippen LogP contribution in [-0.4, -0.2) is 14.5 Å². The van der Waals surface area contributed by atoms with Gasteiger partial charge < -0.3 is 0 Å². The van der Waals surface area contributed by atoms with Gasteiger partial charge in [-0.2, -0.15) is 5.26 Å². The van der Waals surface area contributed by atoms with Crippen molar-refractivity contribution in [1.82, 2.24) is 14.5 Å². The third-order valence-corrected chi connectivity index (χ3v) is 2.17. The highest BCUT2D eigenvalue weighted by Gasteiger charge is 2.03. The van der Waals surface area contributed by atoms with Gasteiger partial charge in [0, 0.05) is 23.1 Å². The Morgan fingerprint density at radius 3 is 2.86 bits per heavy atom. The summed E-state index contributed by atoms with van der Waals surface area (Å²) in [7, 11) is 0. The Labute approximate surface area is 89.0 Å². The van der Waals surface area contributed by atoms with Gasteiger partial charge >= 0.3 is 0 Å². The number of aromatic nitrogens is 3. The summed E-state index contributed by atoms with van der Waals surface area (Å²) < 4.78 is 2.53. The van der Waals surface area contributed by atoms with Crippen molar-refractivity contribution in [1.29, 1.82) is 5.26 Å². The van der Waals surface area contributed by atoms with Crippen molar-refractivity contribution in [2.75, 3.05) is 0 Å². The number of halogens is 1. The fraction of sp³-hybridized carbons (Fsp3) is 0. The zero-order chi connectivity index (χ0) is 9.97. The monoisotopic (exact) mass is 248 g/mol. The highest BCUT2D eigenvalue weighted by Crippen LogP contribution is 2.11. The van der Waals surface area contributed by atoms with Crippen LogP contribution in [0.4, 0.5) is 0 Å². The second-order valence-corrected chi connectivity index (χ2v) is 3.48. The number of nitriles is 1. The molecule has 2 aromatic rings. The van der Waals surface area contributed by atoms with Crippen molar-refractivity contribution in [2.45, 2.75) is 0 Å². The van der Waals surface area contributed by atoms with Gasteiger partial charge in [-0.25, -0.2) is 9.97 Å². The summed E-state index contributed by atoms with van der Waals surface area (Å²) in [6.45, 7) is 0. The Morgan fingerprint density at radius 1 is 1.36 bits per heavy atom. The Hall–Kier alpha value is -1.67. The molecule has 0 fully saturated rings. The van der Waals surface area contributed by atoms with Gasteiger partial charge in [0.25, 0.3) is 0 Å². The summed E-state index contributed by atoms with van der Waals surface area (Å²) >= 11 is 3.29. The van der Waals surface area contributed by atoms with Crippen LogP contribution in [0.5, 0.6) is 0 Å². The Balaban J connectivity index is 2.50. The molecule has 0 aliphatic heterocycles. The molecule has 0 N–H and O–H groups in total. The van der Waals surface area contributed by atoms with Crippen molar-refractivity contribution in [3.8, 4) is 11.9 Å². The van der Waals surface area contributed by atoms with Gasteiger partial charge in [-0.05, 0) is 28.1 Å². The minimum atomic E-state index is 0.333. The smallest absolute Gasteiger partial charge is 0.218 e. The largest absolute Gasteiger partial charge is 0.275 e. The van der Waals surface area contributed by atoms with E-state index < -0.39 is 0 Å². The number of hydrogen-bond acceptors (Lipinski definition) is 3. The SMILES string of the molecule is N#Cc1nccn1-c1ccc(Br)cn1. The third kappa shape index (κ3) is 1.52. The lowest BCUT2D eigenvalue weighted by Gasteiger charge is -2.01. The summed E-state index contributed by atoms with van der Waals surface area (Å²) in [6, 6.07) is 5.67. The van der Waals surface area contributed by atoms with Crippen LogP contribution in [0.25, 0.3) is 5.82 Å². The van der Waals surface area contributed by atoms with Crippen LogP contribution in [0.3, 0.4) is 0 Å². The van der Waals surface area contributed by atoms with Gasteiger partial charge in [-0.1, -0.05) is 0 Å². The molecule has 0 saturated carbocycles. The standard InChI is InChI=1S/C9H5BrN4/c10-7-1-2-8(13-6-7)14-4-3-12-9(14)5-11/h1-4,6H. The zero-order valence-electron chi connectivity index (χ0n) is 7.05. The van der Waals surface area contributed by atoms with E-state index in [1.54, 1.807) is 23.2 Å². The second-order valence-electron chi connectivity index (χ2n) is 2.57. The van der Waals surface area contributed by atoms with E-state index in [0.29, 0.717) is 11.6 Å². The molecule has 0 spiro atoms. The molecule has 14 heavy (non-hydrogen) atoms. The quantitative estimate of drug-likeness (QED) is 0.775. The molecule has 0 aliphatic carbocycles. The van der Waals surface area contributed by atoms with Gasteiger partial charge in [-0.15, -0.1) is 0 Å². The molecule has 0 aliphatic rings. The van der Waals surface area contributed by atoms with Crippen LogP contribution >= 0.6 is 15.9 Å². The topological polar surface area (TPSA) is 54.5 Å². The van der Waals surface area contributed by atoms with E-state index in [4.69, 9.17) is 5.26 Å². The summed E-state index contributed by atoms with van der Waals surface area (Å²) in [4.78, 5) is 8.04. The van der Waals surface area contributed by atoms with Gasteiger partial charge in [0.1, 0.15) is 11.9 Å². The zero-order valence-corrected chi connectivity index (χ0v) is 8.64.